The van der Waals surface area contributed by atoms with Gasteiger partial charge in [0.05, 0.1) is 19.8 Å². The van der Waals surface area contributed by atoms with Crippen LogP contribution in [0.15, 0.2) is 12.1 Å². The quantitative estimate of drug-likeness (QED) is 0.761. The third-order valence-electron chi connectivity index (χ3n) is 2.84. The molecule has 2 rings (SSSR count). The van der Waals surface area contributed by atoms with Crippen LogP contribution in [0.25, 0.3) is 0 Å². The van der Waals surface area contributed by atoms with E-state index in [0.717, 1.165) is 22.4 Å². The molecule has 3 nitrogen and oxygen atoms in total. The Morgan fingerprint density at radius 1 is 1.56 bits per heavy atom. The van der Waals surface area contributed by atoms with Crippen LogP contribution in [0.5, 0.6) is 5.75 Å². The minimum Gasteiger partial charge on any atom is -0.493 e. The Hall–Kier alpha value is -1.13. The summed E-state index contributed by atoms with van der Waals surface area (Å²) < 4.78 is 10.6. The van der Waals surface area contributed by atoms with Crippen molar-refractivity contribution in [1.29, 1.82) is 0 Å². The summed E-state index contributed by atoms with van der Waals surface area (Å²) in [6.45, 7) is 2.47. The number of rotatable bonds is 1. The molecular weight excluding hydrogens is 224 g/mol. The van der Waals surface area contributed by atoms with Crippen LogP contribution in [0.1, 0.15) is 29.2 Å². The molecule has 1 unspecified atom stereocenters. The smallest absolute Gasteiger partial charge is 0.191 e. The van der Waals surface area contributed by atoms with Crippen LogP contribution >= 0.6 is 12.2 Å². The molecule has 1 atom stereocenters. The van der Waals surface area contributed by atoms with Crippen molar-refractivity contribution >= 4 is 17.3 Å². The number of thiocarbonyl (C=S) groups is 1. The second-order valence-electron chi connectivity index (χ2n) is 3.80. The summed E-state index contributed by atoms with van der Waals surface area (Å²) in [6, 6.07) is 3.73. The van der Waals surface area contributed by atoms with Gasteiger partial charge >= 0.3 is 0 Å². The van der Waals surface area contributed by atoms with E-state index in [1.807, 2.05) is 19.1 Å². The van der Waals surface area contributed by atoms with Gasteiger partial charge in [-0.2, -0.15) is 0 Å². The van der Waals surface area contributed by atoms with Crippen LogP contribution in [-0.4, -0.2) is 23.9 Å². The highest BCUT2D eigenvalue weighted by Crippen LogP contribution is 2.36. The zero-order valence-electron chi connectivity index (χ0n) is 9.32. The molecule has 0 spiro atoms. The number of fused-ring (bicyclic) bond motifs is 1. The molecule has 0 saturated heterocycles. The molecule has 0 aliphatic carbocycles. The molecule has 1 aromatic rings. The Morgan fingerprint density at radius 3 is 3.00 bits per heavy atom. The lowest BCUT2D eigenvalue weighted by Gasteiger charge is -2.24. The van der Waals surface area contributed by atoms with Gasteiger partial charge in [0.15, 0.2) is 5.05 Å². The lowest BCUT2D eigenvalue weighted by Crippen LogP contribution is -2.16. The third kappa shape index (κ3) is 1.79. The zero-order chi connectivity index (χ0) is 11.7. The first-order chi connectivity index (χ1) is 7.65. The maximum atomic E-state index is 9.83. The summed E-state index contributed by atoms with van der Waals surface area (Å²) in [4.78, 5) is 0. The fraction of sp³-hybridized carbons (Fsp3) is 0.417. The van der Waals surface area contributed by atoms with Gasteiger partial charge in [0, 0.05) is 23.1 Å². The highest BCUT2D eigenvalue weighted by atomic mass is 32.1. The van der Waals surface area contributed by atoms with Gasteiger partial charge in [-0.15, -0.1) is 0 Å². The first-order valence-corrected chi connectivity index (χ1v) is 5.58. The number of ether oxygens (including phenoxy) is 2. The van der Waals surface area contributed by atoms with Crippen LogP contribution in [0.3, 0.4) is 0 Å². The molecule has 0 aromatic heterocycles. The van der Waals surface area contributed by atoms with Crippen LogP contribution < -0.4 is 4.74 Å². The lowest BCUT2D eigenvalue weighted by molar-refractivity contribution is 0.115. The molecule has 4 heteroatoms. The Kier molecular flexibility index (Phi) is 3.12. The molecular formula is C12H14O3S. The molecule has 0 amide bonds. The summed E-state index contributed by atoms with van der Waals surface area (Å²) >= 11 is 5.10. The Morgan fingerprint density at radius 2 is 2.31 bits per heavy atom. The Bertz CT molecular complexity index is 429. The van der Waals surface area contributed by atoms with Gasteiger partial charge in [0.25, 0.3) is 0 Å². The predicted molar refractivity (Wildman–Crippen MR) is 65.0 cm³/mol. The average Bonchev–Trinajstić information content (AvgIpc) is 2.30. The van der Waals surface area contributed by atoms with E-state index in [9.17, 15) is 5.11 Å². The summed E-state index contributed by atoms with van der Waals surface area (Å²) in [5, 5.41) is 10.3. The molecule has 0 fully saturated rings. The standard InChI is InChI=1S/C12H14O3S/c1-7-8(12(16)14-2)3-4-9-10(13)5-6-15-11(7)9/h3-4,10,13H,5-6H2,1-2H3. The minimum absolute atomic E-state index is 0.437. The van der Waals surface area contributed by atoms with Gasteiger partial charge in [-0.25, -0.2) is 0 Å². The zero-order valence-corrected chi connectivity index (χ0v) is 10.1. The number of methoxy groups -OCH3 is 1. The van der Waals surface area contributed by atoms with Crippen molar-refractivity contribution in [2.24, 2.45) is 0 Å². The predicted octanol–water partition coefficient (Wildman–Crippen LogP) is 2.13. The summed E-state index contributed by atoms with van der Waals surface area (Å²) in [5.74, 6) is 0.746. The van der Waals surface area contributed by atoms with Crippen LogP contribution in [0.4, 0.5) is 0 Å². The monoisotopic (exact) mass is 238 g/mol. The summed E-state index contributed by atoms with van der Waals surface area (Å²) in [7, 11) is 1.55. The van der Waals surface area contributed by atoms with E-state index >= 15 is 0 Å². The summed E-state index contributed by atoms with van der Waals surface area (Å²) in [5.41, 5.74) is 2.62. The van der Waals surface area contributed by atoms with E-state index in [1.54, 1.807) is 7.11 Å². The van der Waals surface area contributed by atoms with Gasteiger partial charge in [0.2, 0.25) is 0 Å². The molecule has 1 aliphatic rings. The van der Waals surface area contributed by atoms with Gasteiger partial charge in [-0.1, -0.05) is 6.07 Å². The lowest BCUT2D eigenvalue weighted by atomic mass is 9.97. The molecule has 1 heterocycles. The fourth-order valence-electron chi connectivity index (χ4n) is 1.93. The first kappa shape index (κ1) is 11.4. The molecule has 0 radical (unpaired) electrons. The van der Waals surface area contributed by atoms with Gasteiger partial charge in [-0.3, -0.25) is 0 Å². The third-order valence-corrected chi connectivity index (χ3v) is 3.22. The minimum atomic E-state index is -0.437. The maximum absolute atomic E-state index is 9.83. The summed E-state index contributed by atoms with van der Waals surface area (Å²) in [6.07, 6.45) is 0.202. The second-order valence-corrected chi connectivity index (χ2v) is 4.17. The topological polar surface area (TPSA) is 38.7 Å². The highest BCUT2D eigenvalue weighted by Gasteiger charge is 2.23. The van der Waals surface area contributed by atoms with Gasteiger partial charge in [-0.05, 0) is 25.2 Å². The van der Waals surface area contributed by atoms with Gasteiger partial charge < -0.3 is 14.6 Å². The Balaban J connectivity index is 2.51. The van der Waals surface area contributed by atoms with Crippen molar-refractivity contribution in [3.05, 3.63) is 28.8 Å². The molecule has 0 saturated carbocycles. The normalized spacial score (nSPS) is 18.6. The number of hydrogen-bond acceptors (Lipinski definition) is 4. The molecule has 1 aromatic carbocycles. The van der Waals surface area contributed by atoms with E-state index in [2.05, 4.69) is 0 Å². The molecule has 16 heavy (non-hydrogen) atoms. The van der Waals surface area contributed by atoms with Crippen molar-refractivity contribution in [3.8, 4) is 5.75 Å². The van der Waals surface area contributed by atoms with Crippen LogP contribution in [0.2, 0.25) is 0 Å². The maximum Gasteiger partial charge on any atom is 0.191 e. The SMILES string of the molecule is COC(=S)c1ccc2c(c1C)OCCC2O. The highest BCUT2D eigenvalue weighted by molar-refractivity contribution is 7.80. The van der Waals surface area contributed by atoms with Crippen molar-refractivity contribution < 1.29 is 14.6 Å². The van der Waals surface area contributed by atoms with E-state index in [-0.39, 0.29) is 0 Å². The molecule has 86 valence electrons. The number of aliphatic hydroxyl groups excluding tert-OH is 1. The Labute approximate surface area is 100.0 Å². The number of benzene rings is 1. The largest absolute Gasteiger partial charge is 0.493 e. The number of aliphatic hydroxyl groups is 1. The second kappa shape index (κ2) is 4.39. The first-order valence-electron chi connectivity index (χ1n) is 5.18. The average molecular weight is 238 g/mol. The van der Waals surface area contributed by atoms with E-state index in [0.29, 0.717) is 18.1 Å². The van der Waals surface area contributed by atoms with Crippen LogP contribution in [0, 0.1) is 6.92 Å². The molecule has 0 bridgehead atoms. The molecule has 1 aliphatic heterocycles. The van der Waals surface area contributed by atoms with Crippen LogP contribution in [-0.2, 0) is 4.74 Å². The van der Waals surface area contributed by atoms with Crippen molar-refractivity contribution in [2.75, 3.05) is 13.7 Å². The van der Waals surface area contributed by atoms with E-state index < -0.39 is 6.10 Å². The van der Waals surface area contributed by atoms with Crippen molar-refractivity contribution in [2.45, 2.75) is 19.4 Å². The van der Waals surface area contributed by atoms with Gasteiger partial charge in [0.1, 0.15) is 5.75 Å². The fourth-order valence-corrected chi connectivity index (χ4v) is 2.15. The van der Waals surface area contributed by atoms with E-state index in [4.69, 9.17) is 21.7 Å². The molecule has 1 N–H and O–H groups in total. The van der Waals surface area contributed by atoms with Crippen molar-refractivity contribution in [3.63, 3.8) is 0 Å². The van der Waals surface area contributed by atoms with E-state index in [1.165, 1.54) is 0 Å². The number of hydrogen-bond donors (Lipinski definition) is 1. The van der Waals surface area contributed by atoms with Crippen molar-refractivity contribution in [1.82, 2.24) is 0 Å².